The second-order valence-corrected chi connectivity index (χ2v) is 6.90. The van der Waals surface area contributed by atoms with Crippen LogP contribution in [0.2, 0.25) is 0 Å². The third-order valence-corrected chi connectivity index (χ3v) is 3.84. The zero-order valence-corrected chi connectivity index (χ0v) is 15.6. The lowest BCUT2D eigenvalue weighted by atomic mass is 10.0. The molecule has 2 rings (SSSR count). The van der Waals surface area contributed by atoms with Crippen LogP contribution in [0.3, 0.4) is 0 Å². The van der Waals surface area contributed by atoms with Crippen LogP contribution in [0, 0.1) is 5.92 Å². The van der Waals surface area contributed by atoms with Crippen LogP contribution in [0.5, 0.6) is 6.01 Å². The molecule has 0 radical (unpaired) electrons. The van der Waals surface area contributed by atoms with Gasteiger partial charge in [-0.3, -0.25) is 0 Å². The van der Waals surface area contributed by atoms with Gasteiger partial charge >= 0.3 is 12.2 Å². The molecule has 0 bridgehead atoms. The van der Waals surface area contributed by atoms with E-state index in [-0.39, 0.29) is 23.7 Å². The summed E-state index contributed by atoms with van der Waals surface area (Å²) >= 11 is 0. The number of ether oxygens (including phenoxy) is 1. The molecule has 1 aromatic heterocycles. The molecule has 0 unspecified atom stereocenters. The Morgan fingerprint density at radius 2 is 1.85 bits per heavy atom. The van der Waals surface area contributed by atoms with E-state index in [0.717, 1.165) is 11.8 Å². The van der Waals surface area contributed by atoms with Gasteiger partial charge in [-0.2, -0.15) is 18.2 Å². The average Bonchev–Trinajstić information content (AvgIpc) is 2.58. The summed E-state index contributed by atoms with van der Waals surface area (Å²) < 4.78 is 45.7. The molecule has 1 heterocycles. The van der Waals surface area contributed by atoms with Crippen LogP contribution >= 0.6 is 0 Å². The number of hydrogen-bond donors (Lipinski definition) is 0. The maximum absolute atomic E-state index is 13.4. The lowest BCUT2D eigenvalue weighted by Crippen LogP contribution is -2.20. The molecule has 0 aliphatic carbocycles. The Bertz CT molecular complexity index is 745. The Balaban J connectivity index is 2.46. The Labute approximate surface area is 152 Å². The molecular weight excluding hydrogens is 343 g/mol. The first-order chi connectivity index (χ1) is 12.1. The number of benzene rings is 1. The van der Waals surface area contributed by atoms with Crippen molar-refractivity contribution in [1.82, 2.24) is 9.97 Å². The molecule has 0 spiro atoms. The van der Waals surface area contributed by atoms with E-state index in [9.17, 15) is 13.2 Å². The summed E-state index contributed by atoms with van der Waals surface area (Å²) in [6, 6.07) is 7.33. The Morgan fingerprint density at radius 3 is 2.42 bits per heavy atom. The van der Waals surface area contributed by atoms with Crippen LogP contribution < -0.4 is 9.64 Å². The third kappa shape index (κ3) is 4.86. The van der Waals surface area contributed by atoms with Crippen molar-refractivity contribution in [2.75, 3.05) is 18.6 Å². The smallest absolute Gasteiger partial charge is 0.421 e. The molecule has 0 saturated heterocycles. The van der Waals surface area contributed by atoms with Crippen molar-refractivity contribution in [2.24, 2.45) is 5.92 Å². The van der Waals surface area contributed by atoms with Gasteiger partial charge in [-0.15, -0.1) is 0 Å². The van der Waals surface area contributed by atoms with E-state index in [1.54, 1.807) is 13.1 Å². The Kier molecular flexibility index (Phi) is 6.10. The molecule has 0 atom stereocenters. The van der Waals surface area contributed by atoms with Gasteiger partial charge in [0.2, 0.25) is 0 Å². The summed E-state index contributed by atoms with van der Waals surface area (Å²) in [6.07, 6.45) is -3.78. The van der Waals surface area contributed by atoms with Crippen LogP contribution in [0.1, 0.15) is 44.7 Å². The molecule has 0 aliphatic rings. The molecule has 7 heteroatoms. The van der Waals surface area contributed by atoms with E-state index < -0.39 is 11.7 Å². The first-order valence-corrected chi connectivity index (χ1v) is 8.50. The second-order valence-electron chi connectivity index (χ2n) is 6.90. The first-order valence-electron chi connectivity index (χ1n) is 8.50. The van der Waals surface area contributed by atoms with E-state index in [1.165, 1.54) is 4.90 Å². The standard InChI is InChI=1S/C19H24F3N3O/c1-12(2)11-26-18-23-10-16(19(20,21)22)17(24-18)25(5)15-8-6-7-14(9-15)13(3)4/h6-10,12-13H,11H2,1-5H3. The largest absolute Gasteiger partial charge is 0.463 e. The zero-order chi connectivity index (χ0) is 19.5. The van der Waals surface area contributed by atoms with E-state index in [2.05, 4.69) is 9.97 Å². The fourth-order valence-electron chi connectivity index (χ4n) is 2.34. The van der Waals surface area contributed by atoms with Crippen LogP contribution in [0.25, 0.3) is 0 Å². The summed E-state index contributed by atoms with van der Waals surface area (Å²) in [6.45, 7) is 8.27. The number of rotatable bonds is 6. The molecule has 0 N–H and O–H groups in total. The number of aromatic nitrogens is 2. The molecule has 0 amide bonds. The number of halogens is 3. The van der Waals surface area contributed by atoms with E-state index >= 15 is 0 Å². The van der Waals surface area contributed by atoms with Crippen LogP contribution in [-0.2, 0) is 6.18 Å². The quantitative estimate of drug-likeness (QED) is 0.683. The Morgan fingerprint density at radius 1 is 1.15 bits per heavy atom. The van der Waals surface area contributed by atoms with Crippen molar-refractivity contribution in [3.63, 3.8) is 0 Å². The molecular formula is C19H24F3N3O. The predicted octanol–water partition coefficient (Wildman–Crippen LogP) is 5.42. The topological polar surface area (TPSA) is 38.2 Å². The van der Waals surface area contributed by atoms with Gasteiger partial charge in [-0.05, 0) is 29.5 Å². The lowest BCUT2D eigenvalue weighted by molar-refractivity contribution is -0.137. The molecule has 0 fully saturated rings. The van der Waals surface area contributed by atoms with Gasteiger partial charge in [0.05, 0.1) is 6.61 Å². The highest BCUT2D eigenvalue weighted by molar-refractivity contribution is 5.63. The zero-order valence-electron chi connectivity index (χ0n) is 15.6. The van der Waals surface area contributed by atoms with Crippen molar-refractivity contribution < 1.29 is 17.9 Å². The van der Waals surface area contributed by atoms with Gasteiger partial charge in [-0.25, -0.2) is 4.98 Å². The van der Waals surface area contributed by atoms with E-state index in [4.69, 9.17) is 4.74 Å². The van der Waals surface area contributed by atoms with Crippen molar-refractivity contribution in [3.8, 4) is 6.01 Å². The SMILES string of the molecule is CC(C)COc1ncc(C(F)(F)F)c(N(C)c2cccc(C(C)C)c2)n1. The van der Waals surface area contributed by atoms with Gasteiger partial charge < -0.3 is 9.64 Å². The molecule has 0 aliphatic heterocycles. The molecule has 26 heavy (non-hydrogen) atoms. The van der Waals surface area contributed by atoms with Gasteiger partial charge in [0.1, 0.15) is 5.56 Å². The minimum atomic E-state index is -4.56. The monoisotopic (exact) mass is 367 g/mol. The van der Waals surface area contributed by atoms with Crippen molar-refractivity contribution >= 4 is 11.5 Å². The predicted molar refractivity (Wildman–Crippen MR) is 96.0 cm³/mol. The van der Waals surface area contributed by atoms with Crippen molar-refractivity contribution in [2.45, 2.75) is 39.8 Å². The number of alkyl halides is 3. The maximum Gasteiger partial charge on any atom is 0.421 e. The highest BCUT2D eigenvalue weighted by Gasteiger charge is 2.36. The number of nitrogens with zero attached hydrogens (tertiary/aromatic N) is 3. The summed E-state index contributed by atoms with van der Waals surface area (Å²) in [5.41, 5.74) is 0.760. The van der Waals surface area contributed by atoms with Crippen LogP contribution in [0.4, 0.5) is 24.7 Å². The summed E-state index contributed by atoms with van der Waals surface area (Å²) in [4.78, 5) is 9.17. The normalized spacial score (nSPS) is 11.9. The fourth-order valence-corrected chi connectivity index (χ4v) is 2.34. The van der Waals surface area contributed by atoms with Gasteiger partial charge in [0.15, 0.2) is 5.82 Å². The second kappa shape index (κ2) is 7.93. The van der Waals surface area contributed by atoms with Gasteiger partial charge in [0.25, 0.3) is 0 Å². The highest BCUT2D eigenvalue weighted by atomic mass is 19.4. The third-order valence-electron chi connectivity index (χ3n) is 3.84. The van der Waals surface area contributed by atoms with Gasteiger partial charge in [0, 0.05) is 18.9 Å². The minimum absolute atomic E-state index is 0.0615. The van der Waals surface area contributed by atoms with E-state index in [0.29, 0.717) is 12.3 Å². The molecule has 0 saturated carbocycles. The molecule has 2 aromatic rings. The van der Waals surface area contributed by atoms with Crippen molar-refractivity contribution in [1.29, 1.82) is 0 Å². The van der Waals surface area contributed by atoms with Gasteiger partial charge in [-0.1, -0.05) is 39.8 Å². The first kappa shape index (κ1) is 20.0. The number of anilines is 2. The molecule has 1 aromatic carbocycles. The highest BCUT2D eigenvalue weighted by Crippen LogP contribution is 2.38. The lowest BCUT2D eigenvalue weighted by Gasteiger charge is -2.23. The molecule has 4 nitrogen and oxygen atoms in total. The fraction of sp³-hybridized carbons (Fsp3) is 0.474. The van der Waals surface area contributed by atoms with Crippen LogP contribution in [0.15, 0.2) is 30.5 Å². The number of hydrogen-bond acceptors (Lipinski definition) is 4. The van der Waals surface area contributed by atoms with E-state index in [1.807, 2.05) is 45.9 Å². The summed E-state index contributed by atoms with van der Waals surface area (Å²) in [5, 5.41) is 0. The summed E-state index contributed by atoms with van der Waals surface area (Å²) in [5.74, 6) is 0.248. The molecule has 142 valence electrons. The minimum Gasteiger partial charge on any atom is -0.463 e. The summed E-state index contributed by atoms with van der Waals surface area (Å²) in [7, 11) is 1.56. The maximum atomic E-state index is 13.4. The van der Waals surface area contributed by atoms with Crippen LogP contribution in [-0.4, -0.2) is 23.6 Å². The Hall–Kier alpha value is -2.31. The van der Waals surface area contributed by atoms with Crippen molar-refractivity contribution in [3.05, 3.63) is 41.6 Å². The average molecular weight is 367 g/mol.